The van der Waals surface area contributed by atoms with Gasteiger partial charge in [-0.2, -0.15) is 9.10 Å². The second kappa shape index (κ2) is 23.9. The Morgan fingerprint density at radius 3 is 1.91 bits per heavy atom. The van der Waals surface area contributed by atoms with Gasteiger partial charge in [-0.3, -0.25) is 14.5 Å². The van der Waals surface area contributed by atoms with Crippen LogP contribution in [0.5, 0.6) is 0 Å². The molecule has 1 aromatic carbocycles. The number of sulfonamides is 1. The number of alkyl carbamates (subject to hydrolysis) is 2. The van der Waals surface area contributed by atoms with Crippen LogP contribution in [0.2, 0.25) is 5.15 Å². The van der Waals surface area contributed by atoms with Gasteiger partial charge in [0.25, 0.3) is 12.0 Å². The van der Waals surface area contributed by atoms with Crippen LogP contribution in [0.1, 0.15) is 119 Å². The Balaban J connectivity index is 0.875. The van der Waals surface area contributed by atoms with Crippen LogP contribution >= 0.6 is 11.6 Å². The van der Waals surface area contributed by atoms with E-state index in [-0.39, 0.29) is 109 Å². The quantitative estimate of drug-likeness (QED) is 0.127. The molecule has 0 bridgehead atoms. The number of pyridine rings is 1. The Bertz CT molecular complexity index is 2610. The summed E-state index contributed by atoms with van der Waals surface area (Å²) in [6.07, 6.45) is 1.50. The maximum atomic E-state index is 16.5. The number of nitrogens with one attached hydrogen (secondary N) is 3. The zero-order valence-electron chi connectivity index (χ0n) is 45.8. The number of rotatable bonds is 13. The fourth-order valence-corrected chi connectivity index (χ4v) is 12.5. The molecule has 23 heteroatoms. The fourth-order valence-electron chi connectivity index (χ4n) is 10.9. The molecule has 5 aliphatic rings. The van der Waals surface area contributed by atoms with Crippen molar-refractivity contribution in [3.63, 3.8) is 0 Å². The van der Waals surface area contributed by atoms with Crippen LogP contribution in [0.25, 0.3) is 4.85 Å². The monoisotopic (exact) mass is 1120 g/mol. The molecule has 3 saturated heterocycles. The van der Waals surface area contributed by atoms with Gasteiger partial charge in [-0.05, 0) is 155 Å². The van der Waals surface area contributed by atoms with Gasteiger partial charge >= 0.3 is 18.3 Å². The number of hydrogen-bond acceptors (Lipinski definition) is 13. The fraction of sp³-hybridized carbons (Fsp3) is 0.685. The summed E-state index contributed by atoms with van der Waals surface area (Å²) < 4.78 is 77.9. The van der Waals surface area contributed by atoms with Crippen molar-refractivity contribution in [1.29, 1.82) is 0 Å². The largest absolute Gasteiger partial charge is 0.728 e. The van der Waals surface area contributed by atoms with E-state index in [1.165, 1.54) is 33.5 Å². The average molecular weight is 1120 g/mol. The van der Waals surface area contributed by atoms with Gasteiger partial charge in [0.15, 0.2) is 0 Å². The van der Waals surface area contributed by atoms with Crippen LogP contribution in [-0.4, -0.2) is 140 Å². The van der Waals surface area contributed by atoms with Crippen LogP contribution in [0, 0.1) is 35.7 Å². The molecule has 424 valence electrons. The molecule has 2 aliphatic carbocycles. The number of amides is 5. The predicted molar refractivity (Wildman–Crippen MR) is 287 cm³/mol. The van der Waals surface area contributed by atoms with E-state index < -0.39 is 68.8 Å². The van der Waals surface area contributed by atoms with Crippen molar-refractivity contribution in [2.45, 2.75) is 153 Å². The van der Waals surface area contributed by atoms with Gasteiger partial charge in [0, 0.05) is 100 Å². The topological polar surface area (TPSA) is 213 Å². The van der Waals surface area contributed by atoms with E-state index in [1.807, 2.05) is 0 Å². The maximum absolute atomic E-state index is 16.5. The highest BCUT2D eigenvalue weighted by Gasteiger charge is 2.46. The molecule has 3 N–H and O–H groups in total. The SMILES string of the molecule is CC(C)(C)OC(=O)[N+]#CC1CC(=O)N(c2ccc(S(=O)(=O)N3CCN(c4cc(C(F)(F)C5CCC(C(=O)N[C@H]6CC[C@@H](N7C[C@@H](CNC(=O)OC(C)(C)C)[C@@H](CNC(=O)OC(C)(C)C)C7)C6)CC5)cc(Cl)n4)CC3)cc2)C1. The number of hydrogen-bond donors (Lipinski definition) is 3. The van der Waals surface area contributed by atoms with Gasteiger partial charge in [-0.25, -0.2) is 31.8 Å². The molecular weight excluding hydrogens is 1040 g/mol. The lowest BCUT2D eigenvalue weighted by Crippen LogP contribution is -2.49. The van der Waals surface area contributed by atoms with Crippen molar-refractivity contribution in [2.24, 2.45) is 29.6 Å². The second-order valence-electron chi connectivity index (χ2n) is 24.1. The Kier molecular flexibility index (Phi) is 18.4. The maximum Gasteiger partial charge on any atom is 0.728 e. The van der Waals surface area contributed by atoms with Gasteiger partial charge in [-0.1, -0.05) is 11.6 Å². The summed E-state index contributed by atoms with van der Waals surface area (Å²) in [7, 11) is -3.96. The molecular formula is C54H77ClF2N9O10S+. The molecule has 5 fully saturated rings. The summed E-state index contributed by atoms with van der Waals surface area (Å²) in [6, 6.07) is 11.3. The van der Waals surface area contributed by atoms with Gasteiger partial charge in [0.1, 0.15) is 33.7 Å². The van der Waals surface area contributed by atoms with Crippen LogP contribution in [0.4, 0.5) is 34.7 Å². The molecule has 1 aromatic heterocycles. The van der Waals surface area contributed by atoms with E-state index in [9.17, 15) is 32.4 Å². The smallest absolute Gasteiger partial charge is 0.444 e. The predicted octanol–water partition coefficient (Wildman–Crippen LogP) is 8.40. The standard InChI is InChI=1S/C54H76ClF2N9O10S/c1-51(2,3)74-48(69)58-28-34-24-46(67)66(31-34)41-16-18-43(19-17-41)77(72,73)65-22-20-63(21-23-65)45-26-39(25-44(55)62-45)54(56,57)38-12-10-35(11-13-38)47(68)61-40-14-15-42(27-40)64-32-36(29-59-49(70)75-52(4,5)6)37(33-64)30-60-50(71)76-53(7,8)9/h16-19,25-26,34-38,40,42H,10-15,20-24,27,29-33H2,1-9H3,(H2-,59,60,61,68,70,71)/p+1/t34?,35?,36-,37+,38?,40-,42+/m0/s1. The van der Waals surface area contributed by atoms with Crippen molar-refractivity contribution in [3.8, 4) is 6.07 Å². The lowest BCUT2D eigenvalue weighted by atomic mass is 9.77. The molecule has 2 saturated carbocycles. The summed E-state index contributed by atoms with van der Waals surface area (Å²) in [5, 5.41) is 8.93. The Morgan fingerprint density at radius 1 is 0.779 bits per heavy atom. The minimum absolute atomic E-state index is 0.0273. The van der Waals surface area contributed by atoms with Gasteiger partial charge in [0.2, 0.25) is 21.8 Å². The van der Waals surface area contributed by atoms with E-state index >= 15 is 8.78 Å². The number of carbonyl (C=O) groups is 5. The molecule has 7 rings (SSSR count). The van der Waals surface area contributed by atoms with Gasteiger partial charge < -0.3 is 40.0 Å². The molecule has 0 radical (unpaired) electrons. The van der Waals surface area contributed by atoms with Crippen LogP contribution in [0.3, 0.4) is 0 Å². The molecule has 2 aromatic rings. The van der Waals surface area contributed by atoms with E-state index in [1.54, 1.807) is 79.3 Å². The lowest BCUT2D eigenvalue weighted by Gasteiger charge is -2.36. The Hall–Kier alpha value is -5.37. The number of ether oxygens (including phenoxy) is 3. The molecule has 5 atom stereocenters. The van der Waals surface area contributed by atoms with Crippen molar-refractivity contribution in [3.05, 3.63) is 52.0 Å². The average Bonchev–Trinajstić information content (AvgIpc) is 4.08. The summed E-state index contributed by atoms with van der Waals surface area (Å²) in [5.41, 5.74) is -1.81. The van der Waals surface area contributed by atoms with Gasteiger partial charge in [-0.15, -0.1) is 0 Å². The van der Waals surface area contributed by atoms with E-state index in [4.69, 9.17) is 25.8 Å². The number of anilines is 2. The minimum atomic E-state index is -3.96. The first-order valence-electron chi connectivity index (χ1n) is 26.8. The highest BCUT2D eigenvalue weighted by atomic mass is 35.5. The molecule has 4 heterocycles. The number of nitrogens with zero attached hydrogens (tertiary/aromatic N) is 6. The van der Waals surface area contributed by atoms with Crippen LogP contribution in [0.15, 0.2) is 41.3 Å². The summed E-state index contributed by atoms with van der Waals surface area (Å²) >= 11 is 6.40. The lowest BCUT2D eigenvalue weighted by molar-refractivity contribution is -0.129. The van der Waals surface area contributed by atoms with Crippen molar-refractivity contribution < 1.29 is 55.4 Å². The molecule has 3 aliphatic heterocycles. The zero-order valence-corrected chi connectivity index (χ0v) is 47.4. The van der Waals surface area contributed by atoms with Crippen LogP contribution < -0.4 is 25.8 Å². The minimum Gasteiger partial charge on any atom is -0.444 e. The summed E-state index contributed by atoms with van der Waals surface area (Å²) in [5.74, 6) is -5.23. The van der Waals surface area contributed by atoms with Crippen molar-refractivity contribution in [1.82, 2.24) is 30.1 Å². The zero-order chi connectivity index (χ0) is 56.3. The number of halogens is 3. The first-order chi connectivity index (χ1) is 35.9. The first kappa shape index (κ1) is 59.3. The Labute approximate surface area is 456 Å². The van der Waals surface area contributed by atoms with Crippen molar-refractivity contribution in [2.75, 3.05) is 68.7 Å². The number of aromatic nitrogens is 1. The van der Waals surface area contributed by atoms with E-state index in [0.29, 0.717) is 44.7 Å². The molecule has 1 unspecified atom stereocenters. The van der Waals surface area contributed by atoms with Crippen LogP contribution in [-0.2, 0) is 39.7 Å². The third kappa shape index (κ3) is 16.1. The van der Waals surface area contributed by atoms with E-state index in [0.717, 1.165) is 19.3 Å². The third-order valence-electron chi connectivity index (χ3n) is 14.7. The normalized spacial score (nSPS) is 24.9. The molecule has 5 amide bonds. The Morgan fingerprint density at radius 2 is 1.35 bits per heavy atom. The second-order valence-corrected chi connectivity index (χ2v) is 26.5. The van der Waals surface area contributed by atoms with E-state index in [2.05, 4.69) is 36.7 Å². The highest BCUT2D eigenvalue weighted by Crippen LogP contribution is 2.46. The summed E-state index contributed by atoms with van der Waals surface area (Å²) in [6.45, 7) is 18.7. The number of piperazine rings is 1. The molecule has 77 heavy (non-hydrogen) atoms. The molecule has 19 nitrogen and oxygen atoms in total. The van der Waals surface area contributed by atoms with Crippen molar-refractivity contribution >= 4 is 63.2 Å². The number of likely N-dealkylation sites (tertiary alicyclic amines) is 1. The summed E-state index contributed by atoms with van der Waals surface area (Å²) in [4.78, 5) is 77.3. The van der Waals surface area contributed by atoms with Gasteiger partial charge in [0.05, 0.1) is 9.74 Å². The third-order valence-corrected chi connectivity index (χ3v) is 16.8. The number of benzene rings is 1. The number of carbonyl (C=O) groups excluding carboxylic acids is 5. The molecule has 0 spiro atoms. The highest BCUT2D eigenvalue weighted by molar-refractivity contribution is 7.89. The number of alkyl halides is 2. The first-order valence-corrected chi connectivity index (χ1v) is 28.6.